The molecule has 2 N–H and O–H groups in total. The molecule has 1 unspecified atom stereocenters. The van der Waals surface area contributed by atoms with E-state index in [0.29, 0.717) is 65.1 Å². The van der Waals surface area contributed by atoms with Gasteiger partial charge in [-0.05, 0) is 88.9 Å². The van der Waals surface area contributed by atoms with Crippen LogP contribution in [0.4, 0.5) is 15.8 Å². The summed E-state index contributed by atoms with van der Waals surface area (Å²) in [6, 6.07) is 8.46. The monoisotopic (exact) mass is 777 g/mol. The standard InChI is InChI=1S/C41H44FN9O6/c1-22(2)57-34-16-28-23(15-31(34)45-38(53)29-17-44-51-14-4-13-43-37(29)51)18-49(41(28)56)25-7-5-24(6-8-25)47(3)26-19-48(20-26)32-10-9-27-30(36(32)42)21-50(40(27)55)33-11-12-35(52)46-39(33)54/h4,9-10,13-17,22,24-26,33H,5-8,11-12,18-21H2,1-3H3,(H,45,53)(H,46,52,54). The van der Waals surface area contributed by atoms with Gasteiger partial charge in [-0.15, -0.1) is 0 Å². The van der Waals surface area contributed by atoms with Gasteiger partial charge in [-0.1, -0.05) is 0 Å². The van der Waals surface area contributed by atoms with Crippen LogP contribution in [-0.2, 0) is 22.7 Å². The Bertz CT molecular complexity index is 2330. The van der Waals surface area contributed by atoms with Crippen LogP contribution in [0.2, 0.25) is 0 Å². The van der Waals surface area contributed by atoms with Crippen molar-refractivity contribution in [1.29, 1.82) is 0 Å². The highest BCUT2D eigenvalue weighted by Gasteiger charge is 2.43. The van der Waals surface area contributed by atoms with Crippen molar-refractivity contribution in [3.05, 3.63) is 82.6 Å². The second-order valence-electron chi connectivity index (χ2n) is 16.0. The number of amides is 5. The van der Waals surface area contributed by atoms with Crippen molar-refractivity contribution in [3.8, 4) is 5.75 Å². The average molecular weight is 778 g/mol. The number of benzene rings is 2. The first-order chi connectivity index (χ1) is 27.4. The summed E-state index contributed by atoms with van der Waals surface area (Å²) in [5.74, 6) is -1.69. The molecule has 2 saturated heterocycles. The molecule has 5 amide bonds. The van der Waals surface area contributed by atoms with E-state index in [2.05, 4.69) is 32.7 Å². The summed E-state index contributed by atoms with van der Waals surface area (Å²) < 4.78 is 23.6. The lowest BCUT2D eigenvalue weighted by Gasteiger charge is -2.49. The van der Waals surface area contributed by atoms with Gasteiger partial charge in [0.2, 0.25) is 11.8 Å². The van der Waals surface area contributed by atoms with Gasteiger partial charge in [0.15, 0.2) is 11.5 Å². The van der Waals surface area contributed by atoms with Gasteiger partial charge in [-0.3, -0.25) is 34.2 Å². The van der Waals surface area contributed by atoms with E-state index >= 15 is 4.39 Å². The zero-order valence-corrected chi connectivity index (χ0v) is 32.0. The van der Waals surface area contributed by atoms with Crippen LogP contribution in [0.1, 0.15) is 94.6 Å². The van der Waals surface area contributed by atoms with Crippen LogP contribution in [0, 0.1) is 5.82 Å². The molecule has 1 saturated carbocycles. The van der Waals surface area contributed by atoms with E-state index < -0.39 is 23.7 Å². The normalized spacial score (nSPS) is 22.4. The number of fused-ring (bicyclic) bond motifs is 3. The molecule has 0 spiro atoms. The molecular weight excluding hydrogens is 734 g/mol. The minimum absolute atomic E-state index is 0.00225. The van der Waals surface area contributed by atoms with Crippen LogP contribution in [0.15, 0.2) is 48.9 Å². The fourth-order valence-corrected chi connectivity index (χ4v) is 9.11. The molecule has 0 radical (unpaired) electrons. The number of aromatic nitrogens is 3. The molecule has 2 aromatic carbocycles. The third-order valence-corrected chi connectivity index (χ3v) is 12.3. The number of rotatable bonds is 9. The summed E-state index contributed by atoms with van der Waals surface area (Å²) in [6.45, 7) is 5.52. The molecule has 1 atom stereocenters. The van der Waals surface area contributed by atoms with Gasteiger partial charge in [0.05, 0.1) is 30.2 Å². The Morgan fingerprint density at radius 1 is 0.982 bits per heavy atom. The summed E-state index contributed by atoms with van der Waals surface area (Å²) >= 11 is 0. The quantitative estimate of drug-likeness (QED) is 0.240. The third-order valence-electron chi connectivity index (χ3n) is 12.3. The fourth-order valence-electron chi connectivity index (χ4n) is 9.11. The third kappa shape index (κ3) is 6.45. The first-order valence-electron chi connectivity index (χ1n) is 19.6. The fraction of sp³-hybridized carbons (Fsp3) is 0.439. The molecule has 9 rings (SSSR count). The number of nitrogens with zero attached hydrogens (tertiary/aromatic N) is 7. The molecule has 1 aliphatic carbocycles. The summed E-state index contributed by atoms with van der Waals surface area (Å²) in [6.07, 6.45) is 8.53. The number of hydrogen-bond acceptors (Lipinski definition) is 10. The van der Waals surface area contributed by atoms with Gasteiger partial charge in [-0.25, -0.2) is 13.9 Å². The molecular formula is C41H44FN9O6. The van der Waals surface area contributed by atoms with Crippen LogP contribution in [0.3, 0.4) is 0 Å². The largest absolute Gasteiger partial charge is 0.489 e. The molecule has 3 fully saturated rings. The highest BCUT2D eigenvalue weighted by Crippen LogP contribution is 2.40. The Labute approximate surface area is 328 Å². The van der Waals surface area contributed by atoms with Crippen molar-refractivity contribution in [2.45, 2.75) is 95.7 Å². The minimum Gasteiger partial charge on any atom is -0.489 e. The van der Waals surface area contributed by atoms with Crippen LogP contribution < -0.4 is 20.3 Å². The Morgan fingerprint density at radius 2 is 1.75 bits per heavy atom. The van der Waals surface area contributed by atoms with E-state index in [9.17, 15) is 24.0 Å². The SMILES string of the molecule is CC(C)Oc1cc2c(cc1NC(=O)c1cnn3cccnc13)CN(C1CCC(N(C)C3CN(c4ccc5c(c4F)CN(C4CCC(=O)NC4=O)C5=O)C3)CC1)C2=O. The number of halogens is 1. The number of anilines is 2. The van der Waals surface area contributed by atoms with Gasteiger partial charge in [0.25, 0.3) is 17.7 Å². The molecule has 15 nitrogen and oxygen atoms in total. The number of likely N-dealkylation sites (N-methyl/N-ethyl adjacent to an activating group) is 1. The maximum absolute atomic E-state index is 15.9. The molecule has 6 heterocycles. The predicted octanol–water partition coefficient (Wildman–Crippen LogP) is 3.76. The van der Waals surface area contributed by atoms with Crippen LogP contribution >= 0.6 is 0 Å². The van der Waals surface area contributed by atoms with Gasteiger partial charge in [0, 0.05) is 73.3 Å². The summed E-state index contributed by atoms with van der Waals surface area (Å²) in [4.78, 5) is 76.5. The topological polar surface area (TPSA) is 162 Å². The second-order valence-corrected chi connectivity index (χ2v) is 16.0. The summed E-state index contributed by atoms with van der Waals surface area (Å²) in [7, 11) is 2.12. The van der Waals surface area contributed by atoms with E-state index in [4.69, 9.17) is 4.74 Å². The Morgan fingerprint density at radius 3 is 2.51 bits per heavy atom. The van der Waals surface area contributed by atoms with E-state index in [0.717, 1.165) is 31.2 Å². The smallest absolute Gasteiger partial charge is 0.261 e. The Hall–Kier alpha value is -5.90. The molecule has 4 aliphatic heterocycles. The van der Waals surface area contributed by atoms with Crippen molar-refractivity contribution in [2.75, 3.05) is 30.4 Å². The van der Waals surface area contributed by atoms with E-state index in [-0.39, 0.29) is 60.9 Å². The lowest BCUT2D eigenvalue weighted by molar-refractivity contribution is -0.136. The number of hydrogen-bond donors (Lipinski definition) is 2. The van der Waals surface area contributed by atoms with E-state index in [1.54, 1.807) is 36.7 Å². The lowest BCUT2D eigenvalue weighted by atomic mass is 9.88. The Balaban J connectivity index is 0.811. The molecule has 5 aliphatic rings. The number of carbonyl (C=O) groups is 5. The zero-order valence-electron chi connectivity index (χ0n) is 32.0. The molecule has 296 valence electrons. The summed E-state index contributed by atoms with van der Waals surface area (Å²) in [5.41, 5.74) is 3.68. The van der Waals surface area contributed by atoms with E-state index in [1.807, 2.05) is 29.7 Å². The van der Waals surface area contributed by atoms with Gasteiger partial charge >= 0.3 is 0 Å². The minimum atomic E-state index is -0.792. The van der Waals surface area contributed by atoms with E-state index in [1.165, 1.54) is 15.6 Å². The van der Waals surface area contributed by atoms with Crippen LogP contribution in [0.25, 0.3) is 5.65 Å². The molecule has 57 heavy (non-hydrogen) atoms. The summed E-state index contributed by atoms with van der Waals surface area (Å²) in [5, 5.41) is 9.50. The second kappa shape index (κ2) is 14.2. The molecule has 2 aromatic heterocycles. The highest BCUT2D eigenvalue weighted by molar-refractivity contribution is 6.09. The van der Waals surface area contributed by atoms with Crippen molar-refractivity contribution in [3.63, 3.8) is 0 Å². The van der Waals surface area contributed by atoms with Crippen molar-refractivity contribution in [2.24, 2.45) is 0 Å². The van der Waals surface area contributed by atoms with Gasteiger partial charge in [-0.2, -0.15) is 5.10 Å². The number of ether oxygens (including phenoxy) is 1. The number of nitrogens with one attached hydrogen (secondary N) is 2. The maximum Gasteiger partial charge on any atom is 0.261 e. The first-order valence-corrected chi connectivity index (χ1v) is 19.6. The van der Waals surface area contributed by atoms with Gasteiger partial charge < -0.3 is 24.8 Å². The van der Waals surface area contributed by atoms with Crippen molar-refractivity contribution in [1.82, 2.24) is 34.6 Å². The first kappa shape index (κ1) is 36.7. The number of carbonyl (C=O) groups excluding carboxylic acids is 5. The van der Waals surface area contributed by atoms with Crippen molar-refractivity contribution < 1.29 is 33.1 Å². The Kier molecular flexibility index (Phi) is 9.17. The average Bonchev–Trinajstić information content (AvgIpc) is 3.85. The predicted molar refractivity (Wildman–Crippen MR) is 205 cm³/mol. The number of imide groups is 1. The molecule has 16 heteroatoms. The lowest BCUT2D eigenvalue weighted by Crippen LogP contribution is -2.61. The number of piperidine rings is 1. The molecule has 4 aromatic rings. The zero-order chi connectivity index (χ0) is 39.7. The molecule has 0 bridgehead atoms. The van der Waals surface area contributed by atoms with Gasteiger partial charge in [0.1, 0.15) is 17.4 Å². The van der Waals surface area contributed by atoms with Crippen molar-refractivity contribution >= 4 is 46.6 Å². The van der Waals surface area contributed by atoms with Crippen LogP contribution in [0.5, 0.6) is 5.75 Å². The van der Waals surface area contributed by atoms with Crippen LogP contribution in [-0.4, -0.2) is 109 Å². The maximum atomic E-state index is 15.9. The highest BCUT2D eigenvalue weighted by atomic mass is 19.1.